The zero-order valence-corrected chi connectivity index (χ0v) is 10.7. The van der Waals surface area contributed by atoms with Crippen LogP contribution < -0.4 is 4.74 Å². The van der Waals surface area contributed by atoms with Crippen molar-refractivity contribution in [2.24, 2.45) is 0 Å². The maximum absolute atomic E-state index is 12.3. The van der Waals surface area contributed by atoms with E-state index in [1.54, 1.807) is 18.3 Å². The summed E-state index contributed by atoms with van der Waals surface area (Å²) in [6.45, 7) is 4.01. The minimum absolute atomic E-state index is 0.115. The first-order chi connectivity index (χ1) is 8.63. The third-order valence-electron chi connectivity index (χ3n) is 2.97. The number of benzene rings is 1. The maximum Gasteiger partial charge on any atom is 0.215 e. The van der Waals surface area contributed by atoms with Gasteiger partial charge in [0.25, 0.3) is 0 Å². The third-order valence-corrected chi connectivity index (χ3v) is 2.97. The Morgan fingerprint density at radius 2 is 1.94 bits per heavy atom. The van der Waals surface area contributed by atoms with Crippen LogP contribution >= 0.6 is 0 Å². The van der Waals surface area contributed by atoms with Gasteiger partial charge in [0, 0.05) is 11.8 Å². The molecule has 3 nitrogen and oxygen atoms in total. The van der Waals surface area contributed by atoms with Gasteiger partial charge in [-0.2, -0.15) is 0 Å². The van der Waals surface area contributed by atoms with Crippen LogP contribution in [0.3, 0.4) is 0 Å². The quantitative estimate of drug-likeness (QED) is 0.775. The van der Waals surface area contributed by atoms with Crippen LogP contribution in [0.2, 0.25) is 0 Å². The van der Waals surface area contributed by atoms with E-state index in [2.05, 4.69) is 4.98 Å². The van der Waals surface area contributed by atoms with Crippen LogP contribution in [0.4, 0.5) is 0 Å². The first-order valence-corrected chi connectivity index (χ1v) is 5.74. The second-order valence-electron chi connectivity index (χ2n) is 4.18. The van der Waals surface area contributed by atoms with Gasteiger partial charge in [-0.3, -0.25) is 4.79 Å². The molecule has 0 spiro atoms. The van der Waals surface area contributed by atoms with E-state index in [9.17, 15) is 4.79 Å². The number of carbonyl (C=O) groups excluding carboxylic acids is 1. The molecule has 0 saturated carbocycles. The van der Waals surface area contributed by atoms with Gasteiger partial charge in [0.15, 0.2) is 5.69 Å². The Kier molecular flexibility index (Phi) is 3.42. The van der Waals surface area contributed by atoms with Crippen molar-refractivity contribution in [3.05, 3.63) is 58.9 Å². The Morgan fingerprint density at radius 1 is 1.17 bits per heavy atom. The van der Waals surface area contributed by atoms with E-state index in [0.29, 0.717) is 17.0 Å². The van der Waals surface area contributed by atoms with Gasteiger partial charge >= 0.3 is 0 Å². The lowest BCUT2D eigenvalue weighted by molar-refractivity contribution is 0.103. The van der Waals surface area contributed by atoms with E-state index in [0.717, 1.165) is 5.56 Å². The molecule has 3 heteroatoms. The standard InChI is InChI=1S/C15H15NO2/c1-10-6-7-12(9-11(10)2)15(17)14-13(18-3)5-4-8-16-14/h4-9H,1-3H3. The lowest BCUT2D eigenvalue weighted by atomic mass is 10.0. The second kappa shape index (κ2) is 5.00. The molecular weight excluding hydrogens is 226 g/mol. The van der Waals surface area contributed by atoms with Crippen LogP contribution in [-0.4, -0.2) is 17.9 Å². The number of hydrogen-bond acceptors (Lipinski definition) is 3. The van der Waals surface area contributed by atoms with E-state index in [-0.39, 0.29) is 5.78 Å². The smallest absolute Gasteiger partial charge is 0.215 e. The van der Waals surface area contributed by atoms with Gasteiger partial charge in [-0.15, -0.1) is 0 Å². The lowest BCUT2D eigenvalue weighted by Crippen LogP contribution is -2.06. The molecule has 0 unspecified atom stereocenters. The zero-order valence-electron chi connectivity index (χ0n) is 10.7. The van der Waals surface area contributed by atoms with Gasteiger partial charge in [0.05, 0.1) is 7.11 Å². The highest BCUT2D eigenvalue weighted by Crippen LogP contribution is 2.20. The summed E-state index contributed by atoms with van der Waals surface area (Å²) in [5, 5.41) is 0. The topological polar surface area (TPSA) is 39.2 Å². The highest BCUT2D eigenvalue weighted by Gasteiger charge is 2.15. The van der Waals surface area contributed by atoms with Crippen molar-refractivity contribution < 1.29 is 9.53 Å². The Balaban J connectivity index is 2.44. The number of methoxy groups -OCH3 is 1. The third kappa shape index (κ3) is 2.25. The summed E-state index contributed by atoms with van der Waals surface area (Å²) in [5.74, 6) is 0.385. The molecule has 0 radical (unpaired) electrons. The molecule has 0 amide bonds. The highest BCUT2D eigenvalue weighted by atomic mass is 16.5. The molecule has 0 aliphatic heterocycles. The molecule has 0 aliphatic carbocycles. The van der Waals surface area contributed by atoms with Gasteiger partial charge in [-0.1, -0.05) is 12.1 Å². The molecule has 0 bridgehead atoms. The van der Waals surface area contributed by atoms with Crippen LogP contribution in [0.1, 0.15) is 27.2 Å². The largest absolute Gasteiger partial charge is 0.494 e. The Morgan fingerprint density at radius 3 is 2.61 bits per heavy atom. The number of carbonyl (C=O) groups is 1. The number of rotatable bonds is 3. The van der Waals surface area contributed by atoms with Crippen LogP contribution in [-0.2, 0) is 0 Å². The zero-order chi connectivity index (χ0) is 13.1. The monoisotopic (exact) mass is 241 g/mol. The highest BCUT2D eigenvalue weighted by molar-refractivity contribution is 6.09. The summed E-state index contributed by atoms with van der Waals surface area (Å²) < 4.78 is 5.16. The van der Waals surface area contributed by atoms with Gasteiger partial charge in [-0.25, -0.2) is 4.98 Å². The molecule has 1 aromatic heterocycles. The van der Waals surface area contributed by atoms with Crippen molar-refractivity contribution in [1.29, 1.82) is 0 Å². The maximum atomic E-state index is 12.3. The molecule has 0 atom stereocenters. The fraction of sp³-hybridized carbons (Fsp3) is 0.200. The fourth-order valence-electron chi connectivity index (χ4n) is 1.75. The number of pyridine rings is 1. The predicted molar refractivity (Wildman–Crippen MR) is 70.1 cm³/mol. The van der Waals surface area contributed by atoms with Crippen molar-refractivity contribution >= 4 is 5.78 Å². The van der Waals surface area contributed by atoms with Gasteiger partial charge in [0.1, 0.15) is 5.75 Å². The molecule has 1 aromatic carbocycles. The van der Waals surface area contributed by atoms with Crippen molar-refractivity contribution in [3.63, 3.8) is 0 Å². The van der Waals surface area contributed by atoms with Crippen molar-refractivity contribution in [2.75, 3.05) is 7.11 Å². The molecule has 0 saturated heterocycles. The van der Waals surface area contributed by atoms with Crippen LogP contribution in [0.25, 0.3) is 0 Å². The number of hydrogen-bond donors (Lipinski definition) is 0. The van der Waals surface area contributed by atoms with E-state index in [1.807, 2.05) is 32.0 Å². The van der Waals surface area contributed by atoms with E-state index >= 15 is 0 Å². The number of ketones is 1. The molecule has 0 N–H and O–H groups in total. The van der Waals surface area contributed by atoms with Crippen molar-refractivity contribution in [3.8, 4) is 5.75 Å². The lowest BCUT2D eigenvalue weighted by Gasteiger charge is -2.07. The van der Waals surface area contributed by atoms with Crippen molar-refractivity contribution in [1.82, 2.24) is 4.98 Å². The van der Waals surface area contributed by atoms with Crippen LogP contribution in [0.5, 0.6) is 5.75 Å². The summed E-state index contributed by atoms with van der Waals surface area (Å²) >= 11 is 0. The Bertz CT molecular complexity index is 591. The SMILES string of the molecule is COc1cccnc1C(=O)c1ccc(C)c(C)c1. The summed E-state index contributed by atoms with van der Waals surface area (Å²) in [4.78, 5) is 16.5. The number of aromatic nitrogens is 1. The van der Waals surface area contributed by atoms with Crippen LogP contribution in [0.15, 0.2) is 36.5 Å². The minimum Gasteiger partial charge on any atom is -0.494 e. The summed E-state index contributed by atoms with van der Waals surface area (Å²) in [7, 11) is 1.54. The predicted octanol–water partition coefficient (Wildman–Crippen LogP) is 2.94. The molecule has 92 valence electrons. The first-order valence-electron chi connectivity index (χ1n) is 5.74. The van der Waals surface area contributed by atoms with E-state index < -0.39 is 0 Å². The molecular formula is C15H15NO2. The van der Waals surface area contributed by atoms with Gasteiger partial charge in [-0.05, 0) is 43.2 Å². The molecule has 18 heavy (non-hydrogen) atoms. The Labute approximate surface area is 106 Å². The summed E-state index contributed by atoms with van der Waals surface area (Å²) in [6, 6.07) is 9.12. The average Bonchev–Trinajstić information content (AvgIpc) is 2.41. The van der Waals surface area contributed by atoms with E-state index in [1.165, 1.54) is 12.7 Å². The number of nitrogens with zero attached hydrogens (tertiary/aromatic N) is 1. The first kappa shape index (κ1) is 12.3. The normalized spacial score (nSPS) is 10.2. The molecule has 0 aliphatic rings. The fourth-order valence-corrected chi connectivity index (χ4v) is 1.75. The molecule has 2 aromatic rings. The number of aryl methyl sites for hydroxylation is 2. The van der Waals surface area contributed by atoms with Crippen LogP contribution in [0, 0.1) is 13.8 Å². The summed E-state index contributed by atoms with van der Waals surface area (Å²) in [5.41, 5.74) is 3.24. The average molecular weight is 241 g/mol. The molecule has 2 rings (SSSR count). The summed E-state index contributed by atoms with van der Waals surface area (Å²) in [6.07, 6.45) is 1.59. The van der Waals surface area contributed by atoms with E-state index in [4.69, 9.17) is 4.74 Å². The second-order valence-corrected chi connectivity index (χ2v) is 4.18. The van der Waals surface area contributed by atoms with Crippen molar-refractivity contribution in [2.45, 2.75) is 13.8 Å². The molecule has 0 fully saturated rings. The molecule has 1 heterocycles. The number of ether oxygens (including phenoxy) is 1. The minimum atomic E-state index is -0.115. The van der Waals surface area contributed by atoms with Gasteiger partial charge in [0.2, 0.25) is 5.78 Å². The van der Waals surface area contributed by atoms with Gasteiger partial charge < -0.3 is 4.74 Å². The Hall–Kier alpha value is -2.16.